The van der Waals surface area contributed by atoms with Crippen LogP contribution < -0.4 is 0 Å². The van der Waals surface area contributed by atoms with Crippen molar-refractivity contribution in [3.05, 3.63) is 59.4 Å². The largest absolute Gasteiger partial charge is 0.389 e. The summed E-state index contributed by atoms with van der Waals surface area (Å²) in [7, 11) is 0. The molecule has 0 amide bonds. The van der Waals surface area contributed by atoms with Crippen molar-refractivity contribution in [2.45, 2.75) is 23.7 Å². The first-order valence-corrected chi connectivity index (χ1v) is 6.94. The molecule has 1 unspecified atom stereocenters. The molecule has 0 saturated carbocycles. The first kappa shape index (κ1) is 13.6. The standard InChI is InChI=1S/C15H14N2OS/c1-11(18)12-4-2-6-14(8-12)19-10-13-5-3-7-17-15(13)9-16/h2-8,11,18H,10H2,1H3. The number of hydrogen-bond donors (Lipinski definition) is 1. The molecule has 0 aliphatic heterocycles. The van der Waals surface area contributed by atoms with Crippen LogP contribution in [-0.4, -0.2) is 10.1 Å². The number of nitrogens with zero attached hydrogens (tertiary/aromatic N) is 2. The lowest BCUT2D eigenvalue weighted by molar-refractivity contribution is 0.199. The van der Waals surface area contributed by atoms with Gasteiger partial charge in [-0.25, -0.2) is 4.98 Å². The molecule has 2 aromatic rings. The molecule has 4 heteroatoms. The van der Waals surface area contributed by atoms with Crippen LogP contribution in [0.5, 0.6) is 0 Å². The minimum Gasteiger partial charge on any atom is -0.389 e. The number of pyridine rings is 1. The summed E-state index contributed by atoms with van der Waals surface area (Å²) in [4.78, 5) is 5.12. The monoisotopic (exact) mass is 270 g/mol. The van der Waals surface area contributed by atoms with Crippen LogP contribution in [0.15, 0.2) is 47.5 Å². The molecule has 0 fully saturated rings. The van der Waals surface area contributed by atoms with E-state index in [1.54, 1.807) is 24.9 Å². The average Bonchev–Trinajstić information content (AvgIpc) is 2.45. The number of aliphatic hydroxyl groups excluding tert-OH is 1. The van der Waals surface area contributed by atoms with Crippen molar-refractivity contribution in [1.82, 2.24) is 4.98 Å². The lowest BCUT2D eigenvalue weighted by Gasteiger charge is -2.07. The highest BCUT2D eigenvalue weighted by molar-refractivity contribution is 7.98. The van der Waals surface area contributed by atoms with Gasteiger partial charge in [0.25, 0.3) is 0 Å². The predicted octanol–water partition coefficient (Wildman–Crippen LogP) is 3.30. The van der Waals surface area contributed by atoms with E-state index in [9.17, 15) is 5.11 Å². The van der Waals surface area contributed by atoms with E-state index in [2.05, 4.69) is 11.1 Å². The highest BCUT2D eigenvalue weighted by atomic mass is 32.2. The number of hydrogen-bond acceptors (Lipinski definition) is 4. The number of aromatic nitrogens is 1. The van der Waals surface area contributed by atoms with Crippen LogP contribution in [-0.2, 0) is 5.75 Å². The summed E-state index contributed by atoms with van der Waals surface area (Å²) < 4.78 is 0. The van der Waals surface area contributed by atoms with Crippen molar-refractivity contribution in [2.24, 2.45) is 0 Å². The van der Waals surface area contributed by atoms with E-state index in [1.807, 2.05) is 36.4 Å². The number of nitriles is 1. The summed E-state index contributed by atoms with van der Waals surface area (Å²) in [6.07, 6.45) is 1.16. The maximum atomic E-state index is 9.55. The van der Waals surface area contributed by atoms with Crippen LogP contribution in [0.1, 0.15) is 29.8 Å². The third kappa shape index (κ3) is 3.57. The van der Waals surface area contributed by atoms with Gasteiger partial charge >= 0.3 is 0 Å². The van der Waals surface area contributed by atoms with Gasteiger partial charge in [0.2, 0.25) is 0 Å². The Morgan fingerprint density at radius 2 is 2.21 bits per heavy atom. The molecule has 1 aromatic heterocycles. The third-order valence-corrected chi connectivity index (χ3v) is 3.77. The smallest absolute Gasteiger partial charge is 0.144 e. The minimum absolute atomic E-state index is 0.464. The molecule has 0 aliphatic rings. The highest BCUT2D eigenvalue weighted by Gasteiger charge is 2.05. The molecule has 1 N–H and O–H groups in total. The Hall–Kier alpha value is -1.83. The summed E-state index contributed by atoms with van der Waals surface area (Å²) in [6, 6.07) is 13.6. The molecule has 0 saturated heterocycles. The van der Waals surface area contributed by atoms with Crippen LogP contribution in [0.4, 0.5) is 0 Å². The van der Waals surface area contributed by atoms with Crippen molar-refractivity contribution in [3.63, 3.8) is 0 Å². The molecule has 0 spiro atoms. The molecular weight excluding hydrogens is 256 g/mol. The van der Waals surface area contributed by atoms with E-state index >= 15 is 0 Å². The molecule has 0 bridgehead atoms. The van der Waals surface area contributed by atoms with Gasteiger partial charge in [0, 0.05) is 16.8 Å². The quantitative estimate of drug-likeness (QED) is 0.866. The average molecular weight is 270 g/mol. The third-order valence-electron chi connectivity index (χ3n) is 2.73. The van der Waals surface area contributed by atoms with Crippen molar-refractivity contribution < 1.29 is 5.11 Å². The molecular formula is C15H14N2OS. The van der Waals surface area contributed by atoms with Crippen molar-refractivity contribution in [1.29, 1.82) is 5.26 Å². The number of rotatable bonds is 4. The van der Waals surface area contributed by atoms with Crippen LogP contribution in [0.25, 0.3) is 0 Å². The van der Waals surface area contributed by atoms with E-state index < -0.39 is 6.10 Å². The lowest BCUT2D eigenvalue weighted by Crippen LogP contribution is -1.92. The van der Waals surface area contributed by atoms with Crippen molar-refractivity contribution >= 4 is 11.8 Å². The SMILES string of the molecule is CC(O)c1cccc(SCc2cccnc2C#N)c1. The Bertz CT molecular complexity index is 605. The van der Waals surface area contributed by atoms with Gasteiger partial charge in [-0.1, -0.05) is 18.2 Å². The Kier molecular flexibility index (Phi) is 4.56. The maximum Gasteiger partial charge on any atom is 0.144 e. The van der Waals surface area contributed by atoms with Crippen molar-refractivity contribution in [3.8, 4) is 6.07 Å². The zero-order valence-electron chi connectivity index (χ0n) is 10.6. The summed E-state index contributed by atoms with van der Waals surface area (Å²) in [5, 5.41) is 18.5. The van der Waals surface area contributed by atoms with Crippen LogP contribution in [0.2, 0.25) is 0 Å². The first-order chi connectivity index (χ1) is 9.20. The number of thioether (sulfide) groups is 1. The van der Waals surface area contributed by atoms with Crippen LogP contribution in [0.3, 0.4) is 0 Å². The lowest BCUT2D eigenvalue weighted by atomic mass is 10.1. The highest BCUT2D eigenvalue weighted by Crippen LogP contribution is 2.26. The number of aliphatic hydroxyl groups is 1. The van der Waals surface area contributed by atoms with Gasteiger partial charge < -0.3 is 5.11 Å². The Labute approximate surface area is 116 Å². The molecule has 19 heavy (non-hydrogen) atoms. The van der Waals surface area contributed by atoms with Gasteiger partial charge in [-0.05, 0) is 36.2 Å². The fraction of sp³-hybridized carbons (Fsp3) is 0.200. The molecule has 2 rings (SSSR count). The summed E-state index contributed by atoms with van der Waals surface area (Å²) >= 11 is 1.63. The van der Waals surface area contributed by atoms with Crippen molar-refractivity contribution in [2.75, 3.05) is 0 Å². The second kappa shape index (κ2) is 6.37. The molecule has 0 aliphatic carbocycles. The molecule has 96 valence electrons. The normalized spacial score (nSPS) is 11.8. The topological polar surface area (TPSA) is 56.9 Å². The van der Waals surface area contributed by atoms with Crippen LogP contribution >= 0.6 is 11.8 Å². The van der Waals surface area contributed by atoms with E-state index in [0.29, 0.717) is 11.4 Å². The zero-order valence-corrected chi connectivity index (χ0v) is 11.4. The van der Waals surface area contributed by atoms with Gasteiger partial charge in [-0.3, -0.25) is 0 Å². The van der Waals surface area contributed by atoms with E-state index in [1.165, 1.54) is 0 Å². The van der Waals surface area contributed by atoms with Gasteiger partial charge in [-0.2, -0.15) is 5.26 Å². The summed E-state index contributed by atoms with van der Waals surface area (Å²) in [6.45, 7) is 1.75. The van der Waals surface area contributed by atoms with Gasteiger partial charge in [0.1, 0.15) is 11.8 Å². The van der Waals surface area contributed by atoms with E-state index in [-0.39, 0.29) is 0 Å². The van der Waals surface area contributed by atoms with Gasteiger partial charge in [-0.15, -0.1) is 11.8 Å². The van der Waals surface area contributed by atoms with Gasteiger partial charge in [0.05, 0.1) is 6.10 Å². The summed E-state index contributed by atoms with van der Waals surface area (Å²) in [5.74, 6) is 0.694. The van der Waals surface area contributed by atoms with Crippen LogP contribution in [0, 0.1) is 11.3 Å². The second-order valence-electron chi connectivity index (χ2n) is 4.16. The minimum atomic E-state index is -0.464. The van der Waals surface area contributed by atoms with E-state index in [0.717, 1.165) is 16.0 Å². The Morgan fingerprint density at radius 1 is 1.37 bits per heavy atom. The number of benzene rings is 1. The van der Waals surface area contributed by atoms with E-state index in [4.69, 9.17) is 5.26 Å². The van der Waals surface area contributed by atoms with Gasteiger partial charge in [0.15, 0.2) is 0 Å². The first-order valence-electron chi connectivity index (χ1n) is 5.95. The fourth-order valence-electron chi connectivity index (χ4n) is 1.68. The molecule has 3 nitrogen and oxygen atoms in total. The summed E-state index contributed by atoms with van der Waals surface area (Å²) in [5.41, 5.74) is 2.30. The molecule has 0 radical (unpaired) electrons. The molecule has 1 heterocycles. The second-order valence-corrected chi connectivity index (χ2v) is 5.21. The predicted molar refractivity (Wildman–Crippen MR) is 75.6 cm³/mol. The molecule has 1 aromatic carbocycles. The Morgan fingerprint density at radius 3 is 2.95 bits per heavy atom. The Balaban J connectivity index is 2.11. The maximum absolute atomic E-state index is 9.55. The fourth-order valence-corrected chi connectivity index (χ4v) is 2.63. The zero-order chi connectivity index (χ0) is 13.7. The molecule has 1 atom stereocenters.